The summed E-state index contributed by atoms with van der Waals surface area (Å²) in [4.78, 5) is 0. The van der Waals surface area contributed by atoms with Gasteiger partial charge in [-0.25, -0.2) is 0 Å². The van der Waals surface area contributed by atoms with Gasteiger partial charge in [0.1, 0.15) is 6.61 Å². The lowest BCUT2D eigenvalue weighted by molar-refractivity contribution is 0.267. The van der Waals surface area contributed by atoms with Crippen molar-refractivity contribution in [1.29, 1.82) is 0 Å². The number of rotatable bonds is 11. The van der Waals surface area contributed by atoms with Crippen LogP contribution in [0, 0.1) is 0 Å². The summed E-state index contributed by atoms with van der Waals surface area (Å²) in [5.74, 6) is 1.40. The topological polar surface area (TPSA) is 30.5 Å². The lowest BCUT2D eigenvalue weighted by Crippen LogP contribution is -2.15. The quantitative estimate of drug-likeness (QED) is 0.318. The predicted molar refractivity (Wildman–Crippen MR) is 125 cm³/mol. The van der Waals surface area contributed by atoms with Crippen LogP contribution >= 0.6 is 51.5 Å². The van der Waals surface area contributed by atoms with E-state index in [1.54, 1.807) is 12.1 Å². The third-order valence-electron chi connectivity index (χ3n) is 4.04. The summed E-state index contributed by atoms with van der Waals surface area (Å²) in [5, 5.41) is 4.67. The van der Waals surface area contributed by atoms with Crippen LogP contribution in [0.15, 0.2) is 34.8 Å². The minimum atomic E-state index is 0. The van der Waals surface area contributed by atoms with Crippen LogP contribution in [0.4, 0.5) is 0 Å². The Labute approximate surface area is 192 Å². The molecule has 0 saturated heterocycles. The second-order valence-corrected chi connectivity index (χ2v) is 7.94. The maximum Gasteiger partial charge on any atom is 0.175 e. The summed E-state index contributed by atoms with van der Waals surface area (Å²) in [6.45, 7) is 6.89. The zero-order valence-electron chi connectivity index (χ0n) is 16.2. The highest BCUT2D eigenvalue weighted by molar-refractivity contribution is 9.10. The zero-order chi connectivity index (χ0) is 19.6. The maximum absolute atomic E-state index is 6.24. The Morgan fingerprint density at radius 3 is 2.50 bits per heavy atom. The third kappa shape index (κ3) is 8.00. The summed E-state index contributed by atoms with van der Waals surface area (Å²) in [7, 11) is 0. The molecule has 0 spiro atoms. The van der Waals surface area contributed by atoms with Crippen molar-refractivity contribution in [3.8, 4) is 11.5 Å². The van der Waals surface area contributed by atoms with Crippen LogP contribution in [-0.4, -0.2) is 13.2 Å². The van der Waals surface area contributed by atoms with Crippen molar-refractivity contribution in [1.82, 2.24) is 5.32 Å². The molecule has 28 heavy (non-hydrogen) atoms. The van der Waals surface area contributed by atoms with Gasteiger partial charge < -0.3 is 14.8 Å². The molecule has 2 aromatic rings. The molecule has 0 bridgehead atoms. The van der Waals surface area contributed by atoms with E-state index in [4.69, 9.17) is 32.7 Å². The molecule has 0 aliphatic heterocycles. The van der Waals surface area contributed by atoms with E-state index in [1.807, 2.05) is 19.1 Å². The predicted octanol–water partition coefficient (Wildman–Crippen LogP) is 7.44. The molecular formula is C21H27BrCl3NO2. The minimum Gasteiger partial charge on any atom is -0.490 e. The van der Waals surface area contributed by atoms with Crippen LogP contribution in [-0.2, 0) is 13.2 Å². The van der Waals surface area contributed by atoms with E-state index in [-0.39, 0.29) is 12.4 Å². The van der Waals surface area contributed by atoms with E-state index in [1.165, 1.54) is 19.3 Å². The largest absolute Gasteiger partial charge is 0.490 e. The molecule has 1 N–H and O–H groups in total. The Bertz CT molecular complexity index is 744. The first-order valence-electron chi connectivity index (χ1n) is 9.27. The first kappa shape index (κ1) is 25.4. The minimum absolute atomic E-state index is 0. The third-order valence-corrected chi connectivity index (χ3v) is 5.22. The fourth-order valence-corrected chi connectivity index (χ4v) is 3.71. The molecule has 0 fully saturated rings. The van der Waals surface area contributed by atoms with E-state index in [2.05, 4.69) is 34.2 Å². The van der Waals surface area contributed by atoms with E-state index >= 15 is 0 Å². The number of unbranched alkanes of at least 4 members (excludes halogenated alkanes) is 2. The van der Waals surface area contributed by atoms with E-state index in [0.717, 1.165) is 34.4 Å². The maximum atomic E-state index is 6.24. The fraction of sp³-hybridized carbons (Fsp3) is 0.429. The molecule has 0 aromatic heterocycles. The van der Waals surface area contributed by atoms with Gasteiger partial charge in [0.05, 0.1) is 11.1 Å². The summed E-state index contributed by atoms with van der Waals surface area (Å²) in [6, 6.07) is 9.48. The molecule has 0 unspecified atom stereocenters. The summed E-state index contributed by atoms with van der Waals surface area (Å²) in [6.07, 6.45) is 3.67. The Morgan fingerprint density at radius 2 is 1.82 bits per heavy atom. The average Bonchev–Trinajstić information content (AvgIpc) is 2.62. The van der Waals surface area contributed by atoms with E-state index in [9.17, 15) is 0 Å². The molecule has 0 amide bonds. The van der Waals surface area contributed by atoms with Gasteiger partial charge in [0.15, 0.2) is 11.5 Å². The monoisotopic (exact) mass is 509 g/mol. The molecular weight excluding hydrogens is 484 g/mol. The molecule has 3 nitrogen and oxygen atoms in total. The Morgan fingerprint density at radius 1 is 1.04 bits per heavy atom. The van der Waals surface area contributed by atoms with Gasteiger partial charge in [0, 0.05) is 22.2 Å². The highest BCUT2D eigenvalue weighted by atomic mass is 79.9. The summed E-state index contributed by atoms with van der Waals surface area (Å²) in [5.41, 5.74) is 2.02. The van der Waals surface area contributed by atoms with E-state index < -0.39 is 0 Å². The molecule has 156 valence electrons. The number of halogens is 4. The fourth-order valence-electron chi connectivity index (χ4n) is 2.65. The molecule has 0 atom stereocenters. The standard InChI is InChI=1S/C21H26BrCl2NO2.ClH/c1-3-5-6-9-25-13-15-10-18(22)21(20(11-15)26-4-2)27-14-16-7-8-17(23)12-19(16)24;/h7-8,10-12,25H,3-6,9,13-14H2,1-2H3;1H. The van der Waals surface area contributed by atoms with Gasteiger partial charge in [-0.05, 0) is 65.6 Å². The number of benzene rings is 2. The molecule has 0 aliphatic carbocycles. The van der Waals surface area contributed by atoms with Crippen LogP contribution in [0.2, 0.25) is 10.0 Å². The van der Waals surface area contributed by atoms with Crippen molar-refractivity contribution in [3.63, 3.8) is 0 Å². The second kappa shape index (κ2) is 13.6. The van der Waals surface area contributed by atoms with Gasteiger partial charge in [-0.15, -0.1) is 12.4 Å². The SMILES string of the molecule is CCCCCNCc1cc(Br)c(OCc2ccc(Cl)cc2Cl)c(OCC)c1.Cl. The zero-order valence-corrected chi connectivity index (χ0v) is 20.1. The molecule has 2 aromatic carbocycles. The van der Waals surface area contributed by atoms with Crippen molar-refractivity contribution in [2.75, 3.05) is 13.2 Å². The summed E-state index contributed by atoms with van der Waals surface area (Å²) < 4.78 is 12.7. The van der Waals surface area contributed by atoms with Crippen molar-refractivity contribution < 1.29 is 9.47 Å². The highest BCUT2D eigenvalue weighted by Gasteiger charge is 2.13. The van der Waals surface area contributed by atoms with Crippen molar-refractivity contribution >= 4 is 51.5 Å². The van der Waals surface area contributed by atoms with Gasteiger partial charge in [-0.3, -0.25) is 0 Å². The summed E-state index contributed by atoms with van der Waals surface area (Å²) >= 11 is 15.8. The normalized spacial score (nSPS) is 10.5. The Kier molecular flexibility index (Phi) is 12.3. The molecule has 2 rings (SSSR count). The average molecular weight is 512 g/mol. The van der Waals surface area contributed by atoms with Gasteiger partial charge in [-0.1, -0.05) is 49.0 Å². The van der Waals surface area contributed by atoms with Crippen LogP contribution in [0.1, 0.15) is 44.2 Å². The lowest BCUT2D eigenvalue weighted by Gasteiger charge is -2.16. The van der Waals surface area contributed by atoms with Crippen LogP contribution < -0.4 is 14.8 Å². The Balaban J connectivity index is 0.00000392. The molecule has 0 aliphatic rings. The van der Waals surface area contributed by atoms with Crippen LogP contribution in [0.5, 0.6) is 11.5 Å². The Hall–Kier alpha value is -0.650. The van der Waals surface area contributed by atoms with Crippen molar-refractivity contribution in [2.45, 2.75) is 46.3 Å². The first-order chi connectivity index (χ1) is 13.0. The molecule has 0 saturated carbocycles. The van der Waals surface area contributed by atoms with Gasteiger partial charge in [0.2, 0.25) is 0 Å². The molecule has 7 heteroatoms. The second-order valence-electron chi connectivity index (χ2n) is 6.25. The highest BCUT2D eigenvalue weighted by Crippen LogP contribution is 2.38. The van der Waals surface area contributed by atoms with Gasteiger partial charge in [0.25, 0.3) is 0 Å². The van der Waals surface area contributed by atoms with Gasteiger partial charge >= 0.3 is 0 Å². The van der Waals surface area contributed by atoms with Crippen molar-refractivity contribution in [2.24, 2.45) is 0 Å². The van der Waals surface area contributed by atoms with Crippen molar-refractivity contribution in [3.05, 3.63) is 56.0 Å². The number of nitrogens with one attached hydrogen (secondary N) is 1. The van der Waals surface area contributed by atoms with Crippen LogP contribution in [0.3, 0.4) is 0 Å². The first-order valence-corrected chi connectivity index (χ1v) is 10.8. The number of ether oxygens (including phenoxy) is 2. The number of hydrogen-bond donors (Lipinski definition) is 1. The lowest BCUT2D eigenvalue weighted by atomic mass is 10.2. The van der Waals surface area contributed by atoms with Crippen LogP contribution in [0.25, 0.3) is 0 Å². The molecule has 0 heterocycles. The van der Waals surface area contributed by atoms with E-state index in [0.29, 0.717) is 29.0 Å². The molecule has 0 radical (unpaired) electrons. The number of hydrogen-bond acceptors (Lipinski definition) is 3. The van der Waals surface area contributed by atoms with Gasteiger partial charge in [-0.2, -0.15) is 0 Å². The smallest absolute Gasteiger partial charge is 0.175 e.